The van der Waals surface area contributed by atoms with Crippen molar-refractivity contribution in [3.63, 3.8) is 0 Å². The zero-order valence-electron chi connectivity index (χ0n) is 18.0. The van der Waals surface area contributed by atoms with E-state index in [2.05, 4.69) is 0 Å². The van der Waals surface area contributed by atoms with Crippen LogP contribution in [0.5, 0.6) is 5.75 Å². The maximum Gasteiger partial charge on any atom is 0.189 e. The molecule has 0 saturated carbocycles. The predicted octanol–water partition coefficient (Wildman–Crippen LogP) is 6.87. The minimum absolute atomic E-state index is 0.00946. The van der Waals surface area contributed by atoms with Gasteiger partial charge in [0.1, 0.15) is 5.75 Å². The van der Waals surface area contributed by atoms with Crippen LogP contribution in [0.2, 0.25) is 0 Å². The second-order valence-corrected chi connectivity index (χ2v) is 7.10. The van der Waals surface area contributed by atoms with Crippen molar-refractivity contribution in [3.05, 3.63) is 150 Å². The number of hydrogen-bond donors (Lipinski definition) is 1. The maximum absolute atomic E-state index is 11.8. The van der Waals surface area contributed by atoms with Gasteiger partial charge in [-0.05, 0) is 35.4 Å². The van der Waals surface area contributed by atoms with Crippen LogP contribution in [0.15, 0.2) is 127 Å². The monoisotopic (exact) mass is 432 g/mol. The Balaban J connectivity index is 0.000000186. The number of allylic oxidation sites excluding steroid dienone is 2. The molecule has 0 amide bonds. The van der Waals surface area contributed by atoms with Crippen molar-refractivity contribution < 1.29 is 14.7 Å². The molecule has 0 fully saturated rings. The minimum atomic E-state index is -0.202. The van der Waals surface area contributed by atoms with Gasteiger partial charge in [-0.15, -0.1) is 0 Å². The van der Waals surface area contributed by atoms with Gasteiger partial charge in [-0.25, -0.2) is 0 Å². The van der Waals surface area contributed by atoms with Crippen LogP contribution in [0.3, 0.4) is 0 Å². The van der Waals surface area contributed by atoms with Gasteiger partial charge in [-0.2, -0.15) is 0 Å². The molecule has 4 aromatic carbocycles. The number of rotatable bonds is 6. The van der Waals surface area contributed by atoms with E-state index in [-0.39, 0.29) is 17.3 Å². The molecular formula is C30H24O3. The highest BCUT2D eigenvalue weighted by Gasteiger charge is 2.06. The van der Waals surface area contributed by atoms with Crippen molar-refractivity contribution in [2.24, 2.45) is 0 Å². The van der Waals surface area contributed by atoms with E-state index < -0.39 is 0 Å². The van der Waals surface area contributed by atoms with E-state index in [1.165, 1.54) is 12.1 Å². The maximum atomic E-state index is 11.8. The fourth-order valence-electron chi connectivity index (χ4n) is 2.94. The SMILES string of the molecule is O=C(/C=C/c1ccccc1)c1ccccc1.O=C(/C=C/c1ccccc1)c1ccccc1O. The number of phenols is 1. The molecule has 0 aromatic heterocycles. The summed E-state index contributed by atoms with van der Waals surface area (Å²) in [6, 6.07) is 35.1. The van der Waals surface area contributed by atoms with E-state index in [0.717, 1.165) is 16.7 Å². The minimum Gasteiger partial charge on any atom is -0.507 e. The third-order valence-corrected chi connectivity index (χ3v) is 4.68. The Labute approximate surface area is 194 Å². The van der Waals surface area contributed by atoms with Crippen molar-refractivity contribution in [3.8, 4) is 5.75 Å². The molecule has 3 heteroatoms. The summed E-state index contributed by atoms with van der Waals surface area (Å²) in [5.41, 5.74) is 3.03. The van der Waals surface area contributed by atoms with E-state index in [9.17, 15) is 14.7 Å². The zero-order valence-corrected chi connectivity index (χ0v) is 18.0. The lowest BCUT2D eigenvalue weighted by Crippen LogP contribution is -1.93. The predicted molar refractivity (Wildman–Crippen MR) is 134 cm³/mol. The lowest BCUT2D eigenvalue weighted by Gasteiger charge is -1.98. The quantitative estimate of drug-likeness (QED) is 0.267. The van der Waals surface area contributed by atoms with Crippen LogP contribution in [-0.2, 0) is 0 Å². The molecule has 3 nitrogen and oxygen atoms in total. The van der Waals surface area contributed by atoms with Crippen molar-refractivity contribution in [2.45, 2.75) is 0 Å². The normalized spacial score (nSPS) is 10.5. The summed E-state index contributed by atoms with van der Waals surface area (Å²) in [6.45, 7) is 0. The lowest BCUT2D eigenvalue weighted by molar-refractivity contribution is 0.103. The van der Waals surface area contributed by atoms with Crippen molar-refractivity contribution >= 4 is 23.7 Å². The standard InChI is InChI=1S/C15H12O2.C15H12O/c16-14-9-5-4-8-13(14)15(17)11-10-12-6-2-1-3-7-12;16-15(14-9-5-2-6-10-14)12-11-13-7-3-1-4-8-13/h1-11,16H;1-12H/b11-10+;12-11+. The van der Waals surface area contributed by atoms with Crippen LogP contribution in [0.1, 0.15) is 31.8 Å². The lowest BCUT2D eigenvalue weighted by atomic mass is 10.1. The van der Waals surface area contributed by atoms with Gasteiger partial charge in [-0.1, -0.05) is 115 Å². The second kappa shape index (κ2) is 12.4. The van der Waals surface area contributed by atoms with Gasteiger partial charge in [0, 0.05) is 5.56 Å². The van der Waals surface area contributed by atoms with Gasteiger partial charge < -0.3 is 5.11 Å². The van der Waals surface area contributed by atoms with Gasteiger partial charge in [0.2, 0.25) is 0 Å². The number of carbonyl (C=O) groups excluding carboxylic acids is 2. The number of aromatic hydroxyl groups is 1. The molecular weight excluding hydrogens is 408 g/mol. The van der Waals surface area contributed by atoms with E-state index in [4.69, 9.17) is 0 Å². The van der Waals surface area contributed by atoms with Crippen molar-refractivity contribution in [1.82, 2.24) is 0 Å². The number of phenolic OH excluding ortho intramolecular Hbond substituents is 1. The molecule has 1 N–H and O–H groups in total. The zero-order chi connectivity index (χ0) is 23.3. The molecule has 0 spiro atoms. The topological polar surface area (TPSA) is 54.4 Å². The molecule has 0 aliphatic heterocycles. The van der Waals surface area contributed by atoms with E-state index in [1.54, 1.807) is 30.4 Å². The first-order chi connectivity index (χ1) is 16.1. The summed E-state index contributed by atoms with van der Waals surface area (Å²) in [4.78, 5) is 23.5. The van der Waals surface area contributed by atoms with Crippen molar-refractivity contribution in [2.75, 3.05) is 0 Å². The van der Waals surface area contributed by atoms with Crippen LogP contribution in [0.25, 0.3) is 12.2 Å². The van der Waals surface area contributed by atoms with Crippen LogP contribution in [0, 0.1) is 0 Å². The molecule has 0 aliphatic rings. The molecule has 0 heterocycles. The Bertz CT molecular complexity index is 1230. The first-order valence-electron chi connectivity index (χ1n) is 10.5. The average molecular weight is 433 g/mol. The number of ketones is 2. The van der Waals surface area contributed by atoms with E-state index >= 15 is 0 Å². The molecule has 4 rings (SSSR count). The molecule has 0 saturated heterocycles. The molecule has 0 radical (unpaired) electrons. The first-order valence-corrected chi connectivity index (χ1v) is 10.5. The number of para-hydroxylation sites is 1. The third kappa shape index (κ3) is 7.60. The summed E-state index contributed by atoms with van der Waals surface area (Å²) in [6.07, 6.45) is 6.62. The number of benzene rings is 4. The Morgan fingerprint density at radius 1 is 0.515 bits per heavy atom. The smallest absolute Gasteiger partial charge is 0.189 e. The Hall–Kier alpha value is -4.50. The van der Waals surface area contributed by atoms with Crippen LogP contribution in [-0.4, -0.2) is 16.7 Å². The van der Waals surface area contributed by atoms with Crippen molar-refractivity contribution in [1.29, 1.82) is 0 Å². The summed E-state index contributed by atoms with van der Waals surface area (Å²) >= 11 is 0. The van der Waals surface area contributed by atoms with E-state index in [0.29, 0.717) is 5.56 Å². The van der Waals surface area contributed by atoms with E-state index in [1.807, 2.05) is 97.1 Å². The van der Waals surface area contributed by atoms with Gasteiger partial charge in [0.25, 0.3) is 0 Å². The summed E-state index contributed by atoms with van der Waals surface area (Å²) < 4.78 is 0. The molecule has 33 heavy (non-hydrogen) atoms. The fraction of sp³-hybridized carbons (Fsp3) is 0. The average Bonchev–Trinajstić information content (AvgIpc) is 2.88. The van der Waals surface area contributed by atoms with Crippen LogP contribution < -0.4 is 0 Å². The fourth-order valence-corrected chi connectivity index (χ4v) is 2.94. The Morgan fingerprint density at radius 2 is 0.939 bits per heavy atom. The molecule has 0 atom stereocenters. The highest BCUT2D eigenvalue weighted by atomic mass is 16.3. The molecule has 4 aromatic rings. The Kier molecular flexibility index (Phi) is 8.69. The van der Waals surface area contributed by atoms with Gasteiger partial charge in [0.15, 0.2) is 11.6 Å². The van der Waals surface area contributed by atoms with Crippen LogP contribution in [0.4, 0.5) is 0 Å². The Morgan fingerprint density at radius 3 is 1.45 bits per heavy atom. The third-order valence-electron chi connectivity index (χ3n) is 4.68. The molecule has 0 unspecified atom stereocenters. The van der Waals surface area contributed by atoms with Gasteiger partial charge in [0.05, 0.1) is 5.56 Å². The highest BCUT2D eigenvalue weighted by Crippen LogP contribution is 2.17. The van der Waals surface area contributed by atoms with Gasteiger partial charge >= 0.3 is 0 Å². The molecule has 162 valence electrons. The summed E-state index contributed by atoms with van der Waals surface area (Å²) in [5, 5.41) is 9.52. The number of carbonyl (C=O) groups is 2. The summed E-state index contributed by atoms with van der Waals surface area (Å²) in [7, 11) is 0. The van der Waals surface area contributed by atoms with Gasteiger partial charge in [-0.3, -0.25) is 9.59 Å². The first kappa shape index (κ1) is 23.2. The highest BCUT2D eigenvalue weighted by molar-refractivity contribution is 6.08. The number of hydrogen-bond acceptors (Lipinski definition) is 3. The van der Waals surface area contributed by atoms with Crippen LogP contribution >= 0.6 is 0 Å². The molecule has 0 aliphatic carbocycles. The summed E-state index contributed by atoms with van der Waals surface area (Å²) in [5.74, 6) is -0.161. The largest absolute Gasteiger partial charge is 0.507 e. The second-order valence-electron chi connectivity index (χ2n) is 7.10. The molecule has 0 bridgehead atoms.